The van der Waals surface area contributed by atoms with Crippen LogP contribution in [-0.2, 0) is 0 Å². The molecule has 1 rings (SSSR count). The van der Waals surface area contributed by atoms with E-state index in [4.69, 9.17) is 4.74 Å². The summed E-state index contributed by atoms with van der Waals surface area (Å²) in [7, 11) is 5.35. The third-order valence-corrected chi connectivity index (χ3v) is 2.70. The first-order valence-electron chi connectivity index (χ1n) is 4.71. The van der Waals surface area contributed by atoms with Crippen molar-refractivity contribution >= 4 is 12.6 Å². The van der Waals surface area contributed by atoms with Gasteiger partial charge in [0.15, 0.2) is 11.6 Å². The van der Waals surface area contributed by atoms with Crippen molar-refractivity contribution in [3.8, 4) is 5.75 Å². The van der Waals surface area contributed by atoms with E-state index < -0.39 is 0 Å². The Hall–Kier alpha value is -0.740. The molecule has 0 bridgehead atoms. The lowest BCUT2D eigenvalue weighted by atomic mass is 10.1. The fourth-order valence-electron chi connectivity index (χ4n) is 1.46. The molecule has 0 heterocycles. The van der Waals surface area contributed by atoms with E-state index in [2.05, 4.69) is 12.6 Å². The van der Waals surface area contributed by atoms with E-state index in [1.165, 1.54) is 13.2 Å². The number of ether oxygens (including phenoxy) is 1. The Morgan fingerprint density at radius 2 is 2.13 bits per heavy atom. The molecule has 0 saturated heterocycles. The van der Waals surface area contributed by atoms with Gasteiger partial charge in [-0.2, -0.15) is 12.6 Å². The summed E-state index contributed by atoms with van der Waals surface area (Å²) in [5.74, 6) is 0.595. The topological polar surface area (TPSA) is 12.5 Å². The molecular formula is C11H16FNOS. The van der Waals surface area contributed by atoms with E-state index >= 15 is 0 Å². The molecule has 0 N–H and O–H groups in total. The number of rotatable bonds is 4. The zero-order valence-electron chi connectivity index (χ0n) is 9.20. The maximum Gasteiger partial charge on any atom is 0.165 e. The zero-order chi connectivity index (χ0) is 11.4. The summed E-state index contributed by atoms with van der Waals surface area (Å²) in [5, 5.41) is 0. The van der Waals surface area contributed by atoms with E-state index in [1.54, 1.807) is 6.07 Å². The summed E-state index contributed by atoms with van der Waals surface area (Å²) in [5.41, 5.74) is 0.910. The number of thiol groups is 1. The van der Waals surface area contributed by atoms with Gasteiger partial charge in [-0.25, -0.2) is 4.39 Å². The van der Waals surface area contributed by atoms with Crippen LogP contribution in [0.5, 0.6) is 5.75 Å². The molecule has 1 aromatic rings. The Labute approximate surface area is 95.5 Å². The highest BCUT2D eigenvalue weighted by molar-refractivity contribution is 7.80. The van der Waals surface area contributed by atoms with Crippen molar-refractivity contribution in [3.05, 3.63) is 29.6 Å². The Morgan fingerprint density at radius 3 is 2.53 bits per heavy atom. The molecule has 0 amide bonds. The third-order valence-electron chi connectivity index (χ3n) is 2.36. The lowest BCUT2D eigenvalue weighted by molar-refractivity contribution is 0.324. The lowest BCUT2D eigenvalue weighted by Crippen LogP contribution is -2.21. The zero-order valence-corrected chi connectivity index (χ0v) is 10.1. The van der Waals surface area contributed by atoms with Gasteiger partial charge in [0.05, 0.1) is 7.11 Å². The van der Waals surface area contributed by atoms with Gasteiger partial charge in [0, 0.05) is 11.8 Å². The fraction of sp³-hybridized carbons (Fsp3) is 0.455. The molecule has 0 aliphatic rings. The quantitative estimate of drug-likeness (QED) is 0.796. The van der Waals surface area contributed by atoms with Gasteiger partial charge in [0.25, 0.3) is 0 Å². The van der Waals surface area contributed by atoms with Gasteiger partial charge in [0.1, 0.15) is 0 Å². The van der Waals surface area contributed by atoms with Crippen molar-refractivity contribution in [1.29, 1.82) is 0 Å². The molecular weight excluding hydrogens is 213 g/mol. The van der Waals surface area contributed by atoms with Gasteiger partial charge in [-0.15, -0.1) is 0 Å². The van der Waals surface area contributed by atoms with E-state index in [-0.39, 0.29) is 17.6 Å². The standard InChI is InChI=1S/C11H16FNOS/c1-13(2)10(7-15)8-4-5-11(14-3)9(12)6-8/h4-6,10,15H,7H2,1-3H3. The molecule has 2 nitrogen and oxygen atoms in total. The summed E-state index contributed by atoms with van der Waals surface area (Å²) < 4.78 is 18.3. The van der Waals surface area contributed by atoms with Gasteiger partial charge < -0.3 is 9.64 Å². The Kier molecular flexibility index (Phi) is 4.42. The van der Waals surface area contributed by atoms with Crippen LogP contribution in [0.4, 0.5) is 4.39 Å². The number of hydrogen-bond donors (Lipinski definition) is 1. The molecule has 4 heteroatoms. The first-order valence-corrected chi connectivity index (χ1v) is 5.34. The molecule has 0 radical (unpaired) electrons. The molecule has 0 spiro atoms. The van der Waals surface area contributed by atoms with E-state index in [9.17, 15) is 4.39 Å². The highest BCUT2D eigenvalue weighted by atomic mass is 32.1. The highest BCUT2D eigenvalue weighted by Gasteiger charge is 2.14. The number of halogens is 1. The van der Waals surface area contributed by atoms with Crippen LogP contribution in [-0.4, -0.2) is 31.9 Å². The van der Waals surface area contributed by atoms with Crippen LogP contribution in [0.2, 0.25) is 0 Å². The predicted molar refractivity (Wildman–Crippen MR) is 63.2 cm³/mol. The minimum Gasteiger partial charge on any atom is -0.494 e. The maximum atomic E-state index is 13.4. The van der Waals surface area contributed by atoms with Gasteiger partial charge in [0.2, 0.25) is 0 Å². The Balaban J connectivity index is 3.00. The minimum absolute atomic E-state index is 0.119. The van der Waals surface area contributed by atoms with Crippen molar-refractivity contribution in [2.75, 3.05) is 27.0 Å². The van der Waals surface area contributed by atoms with Gasteiger partial charge in [-0.05, 0) is 31.8 Å². The largest absolute Gasteiger partial charge is 0.494 e. The summed E-state index contributed by atoms with van der Waals surface area (Å²) in [4.78, 5) is 2.01. The van der Waals surface area contributed by atoms with Crippen LogP contribution in [0.3, 0.4) is 0 Å². The predicted octanol–water partition coefficient (Wildman–Crippen LogP) is 2.37. The maximum absolute atomic E-state index is 13.4. The van der Waals surface area contributed by atoms with Crippen LogP contribution in [0.25, 0.3) is 0 Å². The van der Waals surface area contributed by atoms with Crippen LogP contribution in [0.15, 0.2) is 18.2 Å². The smallest absolute Gasteiger partial charge is 0.165 e. The lowest BCUT2D eigenvalue weighted by Gasteiger charge is -2.23. The second-order valence-electron chi connectivity index (χ2n) is 3.56. The van der Waals surface area contributed by atoms with Crippen LogP contribution in [0.1, 0.15) is 11.6 Å². The molecule has 0 aliphatic carbocycles. The molecule has 1 atom stereocenters. The number of hydrogen-bond acceptors (Lipinski definition) is 3. The van der Waals surface area contributed by atoms with E-state index in [0.717, 1.165) is 5.56 Å². The molecule has 1 unspecified atom stereocenters. The molecule has 1 aromatic carbocycles. The summed E-state index contributed by atoms with van der Waals surface area (Å²) in [6.45, 7) is 0. The monoisotopic (exact) mass is 229 g/mol. The summed E-state index contributed by atoms with van der Waals surface area (Å²) >= 11 is 4.25. The van der Waals surface area contributed by atoms with Gasteiger partial charge in [-0.3, -0.25) is 0 Å². The second kappa shape index (κ2) is 5.37. The molecule has 0 saturated carbocycles. The van der Waals surface area contributed by atoms with E-state index in [1.807, 2.05) is 25.1 Å². The number of benzene rings is 1. The molecule has 0 fully saturated rings. The third kappa shape index (κ3) is 2.86. The molecule has 15 heavy (non-hydrogen) atoms. The molecule has 0 aliphatic heterocycles. The van der Waals surface area contributed by atoms with Crippen molar-refractivity contribution in [2.24, 2.45) is 0 Å². The van der Waals surface area contributed by atoms with Crippen molar-refractivity contribution in [2.45, 2.75) is 6.04 Å². The number of nitrogens with zero attached hydrogens (tertiary/aromatic N) is 1. The Bertz CT molecular complexity index is 330. The van der Waals surface area contributed by atoms with Gasteiger partial charge in [-0.1, -0.05) is 6.07 Å². The van der Waals surface area contributed by atoms with Crippen molar-refractivity contribution in [1.82, 2.24) is 4.90 Å². The van der Waals surface area contributed by atoms with Gasteiger partial charge >= 0.3 is 0 Å². The van der Waals surface area contributed by atoms with Crippen LogP contribution >= 0.6 is 12.6 Å². The summed E-state index contributed by atoms with van der Waals surface area (Å²) in [6, 6.07) is 5.13. The summed E-state index contributed by atoms with van der Waals surface area (Å²) in [6.07, 6.45) is 0. The first kappa shape index (κ1) is 12.3. The highest BCUT2D eigenvalue weighted by Crippen LogP contribution is 2.24. The second-order valence-corrected chi connectivity index (χ2v) is 3.92. The average Bonchev–Trinajstić information content (AvgIpc) is 2.18. The number of methoxy groups -OCH3 is 1. The average molecular weight is 229 g/mol. The van der Waals surface area contributed by atoms with Crippen LogP contribution < -0.4 is 4.74 Å². The fourth-order valence-corrected chi connectivity index (χ4v) is 1.99. The molecule has 84 valence electrons. The Morgan fingerprint density at radius 1 is 1.47 bits per heavy atom. The van der Waals surface area contributed by atoms with Crippen molar-refractivity contribution in [3.63, 3.8) is 0 Å². The molecule has 0 aromatic heterocycles. The first-order chi connectivity index (χ1) is 7.10. The van der Waals surface area contributed by atoms with Crippen molar-refractivity contribution < 1.29 is 9.13 Å². The minimum atomic E-state index is -0.330. The SMILES string of the molecule is COc1ccc(C(CS)N(C)C)cc1F. The normalized spacial score (nSPS) is 12.9. The van der Waals surface area contributed by atoms with Crippen LogP contribution in [0, 0.1) is 5.82 Å². The van der Waals surface area contributed by atoms with E-state index in [0.29, 0.717) is 5.75 Å².